The molecule has 2 nitrogen and oxygen atoms in total. The summed E-state index contributed by atoms with van der Waals surface area (Å²) < 4.78 is 23.5. The Morgan fingerprint density at radius 1 is 1.55 bits per heavy atom. The molecule has 0 amide bonds. The highest BCUT2D eigenvalue weighted by Crippen LogP contribution is 2.20. The van der Waals surface area contributed by atoms with E-state index in [1.807, 2.05) is 0 Å². The standard InChI is InChI=1S/C6H5ClFNOS/c7-4-2-1-3-5(6(4)8)11(9)10/h1-3H,9H2/t11-/m1/s1. The van der Waals surface area contributed by atoms with E-state index < -0.39 is 17.2 Å². The van der Waals surface area contributed by atoms with E-state index >= 15 is 0 Å². The number of hydrogen-bond acceptors (Lipinski definition) is 2. The molecule has 2 N–H and O–H groups in total. The summed E-state index contributed by atoms with van der Waals surface area (Å²) in [4.78, 5) is -0.0718. The predicted octanol–water partition coefficient (Wildman–Crippen LogP) is 1.46. The van der Waals surface area contributed by atoms with Gasteiger partial charge in [0.1, 0.15) is 0 Å². The van der Waals surface area contributed by atoms with Crippen molar-refractivity contribution in [3.8, 4) is 0 Å². The molecule has 0 saturated carbocycles. The third-order valence-electron chi connectivity index (χ3n) is 1.13. The van der Waals surface area contributed by atoms with Crippen molar-refractivity contribution in [1.82, 2.24) is 0 Å². The largest absolute Gasteiger partial charge is 0.593 e. The average Bonchev–Trinajstić information content (AvgIpc) is 1.94. The van der Waals surface area contributed by atoms with Gasteiger partial charge in [-0.3, -0.25) is 0 Å². The number of halogens is 2. The van der Waals surface area contributed by atoms with Crippen LogP contribution in [-0.2, 0) is 11.4 Å². The summed E-state index contributed by atoms with van der Waals surface area (Å²) in [7, 11) is 0. The molecule has 0 aliphatic rings. The first kappa shape index (κ1) is 8.80. The molecule has 0 aromatic heterocycles. The molecule has 11 heavy (non-hydrogen) atoms. The van der Waals surface area contributed by atoms with E-state index in [4.69, 9.17) is 16.7 Å². The van der Waals surface area contributed by atoms with Gasteiger partial charge in [-0.05, 0) is 12.1 Å². The van der Waals surface area contributed by atoms with Crippen LogP contribution in [0.4, 0.5) is 4.39 Å². The predicted molar refractivity (Wildman–Crippen MR) is 42.0 cm³/mol. The molecule has 0 saturated heterocycles. The monoisotopic (exact) mass is 193 g/mol. The van der Waals surface area contributed by atoms with E-state index in [-0.39, 0.29) is 9.92 Å². The summed E-state index contributed by atoms with van der Waals surface area (Å²) in [5.74, 6) is -0.713. The molecule has 1 atom stereocenters. The van der Waals surface area contributed by atoms with E-state index in [0.717, 1.165) is 0 Å². The molecule has 0 radical (unpaired) electrons. The maximum absolute atomic E-state index is 12.8. The molecular weight excluding hydrogens is 189 g/mol. The van der Waals surface area contributed by atoms with Gasteiger partial charge in [0, 0.05) is 0 Å². The van der Waals surface area contributed by atoms with E-state index in [0.29, 0.717) is 0 Å². The Hall–Kier alpha value is -0.290. The fourth-order valence-electron chi connectivity index (χ4n) is 0.639. The second-order valence-corrected chi connectivity index (χ2v) is 3.29. The van der Waals surface area contributed by atoms with Gasteiger partial charge in [0.25, 0.3) is 0 Å². The zero-order chi connectivity index (χ0) is 8.43. The molecule has 0 unspecified atom stereocenters. The third-order valence-corrected chi connectivity index (χ3v) is 2.17. The quantitative estimate of drug-likeness (QED) is 0.687. The third kappa shape index (κ3) is 1.84. The van der Waals surface area contributed by atoms with Crippen LogP contribution in [0.3, 0.4) is 0 Å². The lowest BCUT2D eigenvalue weighted by Gasteiger charge is -2.03. The summed E-state index contributed by atoms with van der Waals surface area (Å²) >= 11 is 3.58. The summed E-state index contributed by atoms with van der Waals surface area (Å²) in [5, 5.41) is 4.89. The van der Waals surface area contributed by atoms with E-state index in [2.05, 4.69) is 0 Å². The maximum Gasteiger partial charge on any atom is 0.210 e. The van der Waals surface area contributed by atoms with Crippen molar-refractivity contribution < 1.29 is 8.94 Å². The second-order valence-electron chi connectivity index (χ2n) is 1.85. The number of benzene rings is 1. The van der Waals surface area contributed by atoms with Crippen LogP contribution in [0.5, 0.6) is 0 Å². The Balaban J connectivity index is 3.17. The van der Waals surface area contributed by atoms with Crippen molar-refractivity contribution in [2.24, 2.45) is 5.14 Å². The van der Waals surface area contributed by atoms with Crippen LogP contribution in [0.15, 0.2) is 23.1 Å². The highest BCUT2D eigenvalue weighted by Gasteiger charge is 2.14. The van der Waals surface area contributed by atoms with Crippen LogP contribution in [-0.4, -0.2) is 4.55 Å². The first-order valence-corrected chi connectivity index (χ1v) is 4.32. The van der Waals surface area contributed by atoms with Crippen molar-refractivity contribution >= 4 is 23.0 Å². The molecule has 1 rings (SSSR count). The van der Waals surface area contributed by atoms with Gasteiger partial charge in [-0.25, -0.2) is 0 Å². The first-order chi connectivity index (χ1) is 5.13. The summed E-state index contributed by atoms with van der Waals surface area (Å²) in [6.45, 7) is 0. The van der Waals surface area contributed by atoms with Crippen LogP contribution in [0.25, 0.3) is 0 Å². The first-order valence-electron chi connectivity index (χ1n) is 2.73. The zero-order valence-corrected chi connectivity index (χ0v) is 6.95. The van der Waals surface area contributed by atoms with Gasteiger partial charge in [-0.1, -0.05) is 17.7 Å². The lowest BCUT2D eigenvalue weighted by Crippen LogP contribution is -2.14. The molecule has 0 fully saturated rings. The van der Waals surface area contributed by atoms with Gasteiger partial charge in [-0.15, -0.1) is 5.14 Å². The number of hydrogen-bond donors (Lipinski definition) is 1. The molecular formula is C6H5ClFNOS. The fraction of sp³-hybridized carbons (Fsp3) is 0. The summed E-state index contributed by atoms with van der Waals surface area (Å²) in [6.07, 6.45) is 0. The SMILES string of the molecule is N[S@+]([O-])c1cccc(Cl)c1F. The van der Waals surface area contributed by atoms with Crippen molar-refractivity contribution in [3.05, 3.63) is 29.0 Å². The topological polar surface area (TPSA) is 49.1 Å². The van der Waals surface area contributed by atoms with E-state index in [1.165, 1.54) is 18.2 Å². The van der Waals surface area contributed by atoms with E-state index in [9.17, 15) is 8.94 Å². The summed E-state index contributed by atoms with van der Waals surface area (Å²) in [5.41, 5.74) is 0. The van der Waals surface area contributed by atoms with Gasteiger partial charge in [0.15, 0.2) is 5.82 Å². The molecule has 1 aromatic carbocycles. The molecule has 0 spiro atoms. The highest BCUT2D eigenvalue weighted by atomic mass is 35.5. The van der Waals surface area contributed by atoms with Crippen molar-refractivity contribution in [1.29, 1.82) is 0 Å². The minimum absolute atomic E-state index is 0.0682. The maximum atomic E-state index is 12.8. The fourth-order valence-corrected chi connectivity index (χ4v) is 1.37. The van der Waals surface area contributed by atoms with Gasteiger partial charge >= 0.3 is 0 Å². The van der Waals surface area contributed by atoms with Crippen LogP contribution in [0.1, 0.15) is 0 Å². The summed E-state index contributed by atoms with van der Waals surface area (Å²) in [6, 6.07) is 4.19. The molecule has 0 aliphatic carbocycles. The van der Waals surface area contributed by atoms with Gasteiger partial charge in [0.2, 0.25) is 4.90 Å². The molecule has 1 aromatic rings. The van der Waals surface area contributed by atoms with Crippen LogP contribution >= 0.6 is 11.6 Å². The Morgan fingerprint density at radius 2 is 2.18 bits per heavy atom. The molecule has 5 heteroatoms. The van der Waals surface area contributed by atoms with Crippen molar-refractivity contribution in [3.63, 3.8) is 0 Å². The zero-order valence-electron chi connectivity index (χ0n) is 5.38. The molecule has 60 valence electrons. The Bertz CT molecular complexity index is 269. The molecule has 0 bridgehead atoms. The van der Waals surface area contributed by atoms with Crippen molar-refractivity contribution in [2.45, 2.75) is 4.90 Å². The van der Waals surface area contributed by atoms with E-state index in [1.54, 1.807) is 0 Å². The van der Waals surface area contributed by atoms with Gasteiger partial charge in [-0.2, -0.15) is 4.39 Å². The number of nitrogens with two attached hydrogens (primary N) is 1. The molecule has 0 heterocycles. The van der Waals surface area contributed by atoms with Gasteiger partial charge in [0.05, 0.1) is 16.4 Å². The average molecular weight is 194 g/mol. The van der Waals surface area contributed by atoms with Crippen LogP contribution < -0.4 is 5.14 Å². The normalized spacial score (nSPS) is 13.1. The van der Waals surface area contributed by atoms with Crippen LogP contribution in [0, 0.1) is 5.82 Å². The Morgan fingerprint density at radius 3 is 2.64 bits per heavy atom. The minimum Gasteiger partial charge on any atom is -0.593 e. The van der Waals surface area contributed by atoms with Gasteiger partial charge < -0.3 is 4.55 Å². The van der Waals surface area contributed by atoms with Crippen LogP contribution in [0.2, 0.25) is 5.02 Å². The molecule has 0 aliphatic heterocycles. The number of rotatable bonds is 1. The Labute approximate surface area is 71.5 Å². The lowest BCUT2D eigenvalue weighted by molar-refractivity contribution is 0.567. The lowest BCUT2D eigenvalue weighted by atomic mass is 10.3. The highest BCUT2D eigenvalue weighted by molar-refractivity contribution is 7.89. The minimum atomic E-state index is -1.81. The smallest absolute Gasteiger partial charge is 0.210 e. The Kier molecular flexibility index (Phi) is 2.72. The van der Waals surface area contributed by atoms with Crippen molar-refractivity contribution in [2.75, 3.05) is 0 Å². The second kappa shape index (κ2) is 3.40.